The van der Waals surface area contributed by atoms with Gasteiger partial charge in [0.25, 0.3) is 0 Å². The van der Waals surface area contributed by atoms with Crippen molar-refractivity contribution in [3.8, 4) is 23.6 Å². The van der Waals surface area contributed by atoms with Crippen LogP contribution in [0.5, 0.6) is 11.8 Å². The second-order valence-corrected chi connectivity index (χ2v) is 5.76. The molecule has 0 aliphatic carbocycles. The number of aromatic nitrogens is 3. The zero-order valence-corrected chi connectivity index (χ0v) is 13.9. The number of nitrogens with one attached hydrogen (secondary N) is 1. The number of carbonyl (C=O) groups excluding carboxylic acids is 1. The molecule has 0 atom stereocenters. The van der Waals surface area contributed by atoms with Crippen LogP contribution < -0.4 is 10.1 Å². The van der Waals surface area contributed by atoms with Crippen LogP contribution >= 0.6 is 11.3 Å². The average Bonchev–Trinajstić information content (AvgIpc) is 3.01. The number of hydrogen-bond donors (Lipinski definition) is 2. The highest BCUT2D eigenvalue weighted by Gasteiger charge is 2.03. The van der Waals surface area contributed by atoms with Crippen molar-refractivity contribution in [1.82, 2.24) is 20.3 Å². The zero-order chi connectivity index (χ0) is 17.6. The lowest BCUT2D eigenvalue weighted by molar-refractivity contribution is 0.199. The summed E-state index contributed by atoms with van der Waals surface area (Å²) in [5.74, 6) is 5.95. The van der Waals surface area contributed by atoms with Crippen molar-refractivity contribution in [3.05, 3.63) is 47.2 Å². The highest BCUT2D eigenvalue weighted by molar-refractivity contribution is 7.19. The molecule has 0 saturated heterocycles. The number of hydrogen-bond acceptors (Lipinski definition) is 7. The molecule has 124 valence electrons. The lowest BCUT2D eigenvalue weighted by Crippen LogP contribution is -2.22. The molecule has 0 aliphatic rings. The first-order chi connectivity index (χ1) is 12.1. The quantitative estimate of drug-likeness (QED) is 0.688. The van der Waals surface area contributed by atoms with E-state index in [9.17, 15) is 9.90 Å². The Hall–Kier alpha value is -3.44. The van der Waals surface area contributed by atoms with E-state index in [1.165, 1.54) is 30.8 Å². The predicted octanol–water partition coefficient (Wildman–Crippen LogP) is 2.58. The summed E-state index contributed by atoms with van der Waals surface area (Å²) in [5.41, 5.74) is 1.42. The van der Waals surface area contributed by atoms with Crippen LogP contribution in [-0.2, 0) is 0 Å². The second-order valence-electron chi connectivity index (χ2n) is 4.70. The Bertz CT molecular complexity index is 1000. The first-order valence-electron chi connectivity index (χ1n) is 7.13. The number of benzene rings is 1. The molecule has 1 aromatic carbocycles. The molecule has 0 fully saturated rings. The fraction of sp³-hybridized carbons (Fsp3) is 0.0588. The van der Waals surface area contributed by atoms with Crippen molar-refractivity contribution in [2.24, 2.45) is 0 Å². The molecule has 1 amide bonds. The highest BCUT2D eigenvalue weighted by atomic mass is 32.1. The number of thiazole rings is 1. The number of phenolic OH excluding ortho intramolecular Hbond substituents is 1. The summed E-state index contributed by atoms with van der Waals surface area (Å²) >= 11 is 1.46. The Kier molecular flexibility index (Phi) is 4.87. The fourth-order valence-electron chi connectivity index (χ4n) is 1.81. The number of rotatable bonds is 2. The Balaban J connectivity index is 1.66. The van der Waals surface area contributed by atoms with Crippen LogP contribution in [0.2, 0.25) is 0 Å². The van der Waals surface area contributed by atoms with Gasteiger partial charge in [-0.15, -0.1) is 11.3 Å². The third kappa shape index (κ3) is 4.31. The minimum Gasteiger partial charge on any atom is -0.508 e. The van der Waals surface area contributed by atoms with Crippen LogP contribution in [0.4, 0.5) is 4.79 Å². The van der Waals surface area contributed by atoms with E-state index in [4.69, 9.17) is 4.74 Å². The molecule has 0 aliphatic heterocycles. The number of carbonyl (C=O) groups is 1. The van der Waals surface area contributed by atoms with Gasteiger partial charge in [0, 0.05) is 19.4 Å². The number of allylic oxidation sites excluding steroid dienone is 1. The standard InChI is InChI=1S/C17H12N4O3S/c1-18-17(23)24-16-19-9-11(10-20-16)4-2-3-5-15-21-13-7-6-12(22)8-14(13)25-15/h3,5-10,22H,1H3,(H,18,23). The number of fused-ring (bicyclic) bond motifs is 1. The van der Waals surface area contributed by atoms with Crippen LogP contribution in [0.3, 0.4) is 0 Å². The maximum atomic E-state index is 11.0. The molecule has 0 unspecified atom stereocenters. The van der Waals surface area contributed by atoms with Gasteiger partial charge in [-0.05, 0) is 30.4 Å². The first-order valence-corrected chi connectivity index (χ1v) is 7.95. The Morgan fingerprint density at radius 3 is 2.92 bits per heavy atom. The molecule has 8 heteroatoms. The zero-order valence-electron chi connectivity index (χ0n) is 13.1. The van der Waals surface area contributed by atoms with Gasteiger partial charge in [-0.1, -0.05) is 11.8 Å². The SMILES string of the molecule is CNC(=O)Oc1ncc(C#CC=Cc2nc3ccc(O)cc3s2)cn1. The van der Waals surface area contributed by atoms with E-state index in [0.29, 0.717) is 5.56 Å². The van der Waals surface area contributed by atoms with E-state index in [1.807, 2.05) is 0 Å². The molecule has 2 aromatic heterocycles. The van der Waals surface area contributed by atoms with E-state index in [-0.39, 0.29) is 11.8 Å². The van der Waals surface area contributed by atoms with E-state index in [0.717, 1.165) is 15.2 Å². The number of phenols is 1. The Labute approximate surface area is 147 Å². The number of nitrogens with zero attached hydrogens (tertiary/aromatic N) is 3. The lowest BCUT2D eigenvalue weighted by atomic mass is 10.3. The normalized spacial score (nSPS) is 10.4. The molecule has 2 heterocycles. The summed E-state index contributed by atoms with van der Waals surface area (Å²) in [6, 6.07) is 5.00. The Morgan fingerprint density at radius 2 is 2.16 bits per heavy atom. The van der Waals surface area contributed by atoms with Gasteiger partial charge < -0.3 is 15.2 Å². The van der Waals surface area contributed by atoms with Crippen molar-refractivity contribution in [1.29, 1.82) is 0 Å². The van der Waals surface area contributed by atoms with Gasteiger partial charge in [0.05, 0.1) is 15.8 Å². The van der Waals surface area contributed by atoms with Crippen LogP contribution in [0.1, 0.15) is 10.6 Å². The number of aromatic hydroxyl groups is 1. The highest BCUT2D eigenvalue weighted by Crippen LogP contribution is 2.26. The van der Waals surface area contributed by atoms with Crippen LogP contribution in [0.15, 0.2) is 36.7 Å². The van der Waals surface area contributed by atoms with Crippen molar-refractivity contribution in [2.75, 3.05) is 7.05 Å². The third-order valence-corrected chi connectivity index (χ3v) is 3.91. The van der Waals surface area contributed by atoms with Gasteiger partial charge in [-0.25, -0.2) is 19.7 Å². The van der Waals surface area contributed by atoms with Crippen LogP contribution in [-0.4, -0.2) is 33.2 Å². The van der Waals surface area contributed by atoms with Gasteiger partial charge in [-0.3, -0.25) is 0 Å². The van der Waals surface area contributed by atoms with E-state index in [1.54, 1.807) is 30.4 Å². The summed E-state index contributed by atoms with van der Waals surface area (Å²) in [6.07, 6.45) is 5.76. The summed E-state index contributed by atoms with van der Waals surface area (Å²) in [4.78, 5) is 23.2. The van der Waals surface area contributed by atoms with Crippen molar-refractivity contribution in [2.45, 2.75) is 0 Å². The fourth-order valence-corrected chi connectivity index (χ4v) is 2.71. The summed E-state index contributed by atoms with van der Waals surface area (Å²) in [7, 11) is 1.45. The van der Waals surface area contributed by atoms with Gasteiger partial charge in [0.1, 0.15) is 10.8 Å². The second kappa shape index (κ2) is 7.42. The minimum absolute atomic E-state index is 0.0434. The molecule has 7 nitrogen and oxygen atoms in total. The Morgan fingerprint density at radius 1 is 1.36 bits per heavy atom. The molecular formula is C17H12N4O3S. The summed E-state index contributed by atoms with van der Waals surface area (Å²) < 4.78 is 5.69. The van der Waals surface area contributed by atoms with E-state index in [2.05, 4.69) is 32.1 Å². The predicted molar refractivity (Wildman–Crippen MR) is 94.3 cm³/mol. The minimum atomic E-state index is -0.633. The van der Waals surface area contributed by atoms with Crippen molar-refractivity contribution >= 4 is 33.7 Å². The van der Waals surface area contributed by atoms with Crippen LogP contribution in [0, 0.1) is 11.8 Å². The third-order valence-electron chi connectivity index (χ3n) is 2.93. The largest absolute Gasteiger partial charge is 0.508 e. The maximum absolute atomic E-state index is 11.0. The van der Waals surface area contributed by atoms with Crippen LogP contribution in [0.25, 0.3) is 16.3 Å². The summed E-state index contributed by atoms with van der Waals surface area (Å²) in [5, 5.41) is 12.6. The molecule has 25 heavy (non-hydrogen) atoms. The molecule has 0 spiro atoms. The van der Waals surface area contributed by atoms with Gasteiger partial charge in [-0.2, -0.15) is 0 Å². The number of ether oxygens (including phenoxy) is 1. The smallest absolute Gasteiger partial charge is 0.414 e. The lowest BCUT2D eigenvalue weighted by Gasteiger charge is -1.99. The van der Waals surface area contributed by atoms with Gasteiger partial charge >= 0.3 is 12.1 Å². The monoisotopic (exact) mass is 352 g/mol. The first kappa shape index (κ1) is 16.4. The molecule has 3 aromatic rings. The molecule has 0 radical (unpaired) electrons. The molecule has 0 saturated carbocycles. The molecule has 2 N–H and O–H groups in total. The van der Waals surface area contributed by atoms with Gasteiger partial charge in [0.15, 0.2) is 0 Å². The van der Waals surface area contributed by atoms with Gasteiger partial charge in [0.2, 0.25) is 0 Å². The molecule has 0 bridgehead atoms. The molecule has 3 rings (SSSR count). The van der Waals surface area contributed by atoms with Crippen molar-refractivity contribution < 1.29 is 14.6 Å². The topological polar surface area (TPSA) is 97.2 Å². The average molecular weight is 352 g/mol. The molecular weight excluding hydrogens is 340 g/mol. The van der Waals surface area contributed by atoms with E-state index >= 15 is 0 Å². The van der Waals surface area contributed by atoms with E-state index < -0.39 is 6.09 Å². The van der Waals surface area contributed by atoms with Crippen molar-refractivity contribution in [3.63, 3.8) is 0 Å². The number of amides is 1. The summed E-state index contributed by atoms with van der Waals surface area (Å²) in [6.45, 7) is 0. The maximum Gasteiger partial charge on any atom is 0.414 e.